The highest BCUT2D eigenvalue weighted by Crippen LogP contribution is 2.22. The number of hydrogen-bond donors (Lipinski definition) is 1. The first-order chi connectivity index (χ1) is 8.39. The molecule has 18 heavy (non-hydrogen) atoms. The third-order valence-corrected chi connectivity index (χ3v) is 2.70. The van der Waals surface area contributed by atoms with Gasteiger partial charge in [-0.15, -0.1) is 0 Å². The Morgan fingerprint density at radius 3 is 1.89 bits per heavy atom. The molecule has 0 spiro atoms. The third kappa shape index (κ3) is 6.80. The molecule has 0 atom stereocenters. The largest absolute Gasteiger partial charge is 0.312 e. The van der Waals surface area contributed by atoms with Crippen molar-refractivity contribution in [3.8, 4) is 0 Å². The number of nitrogens with one attached hydrogen (secondary N) is 1. The number of rotatable bonds is 4. The molecule has 1 N–H and O–H groups in total. The van der Waals surface area contributed by atoms with Gasteiger partial charge in [0.2, 0.25) is 0 Å². The summed E-state index contributed by atoms with van der Waals surface area (Å²) in [6.07, 6.45) is 0. The zero-order valence-electron chi connectivity index (χ0n) is 13.3. The molecule has 0 fully saturated rings. The molecule has 0 heterocycles. The van der Waals surface area contributed by atoms with E-state index in [4.69, 9.17) is 0 Å². The molecule has 0 aliphatic carbocycles. The lowest BCUT2D eigenvalue weighted by atomic mass is 9.87. The first-order valence-corrected chi connectivity index (χ1v) is 7.19. The van der Waals surface area contributed by atoms with Crippen LogP contribution in [0.2, 0.25) is 0 Å². The van der Waals surface area contributed by atoms with Crippen molar-refractivity contribution >= 4 is 0 Å². The topological polar surface area (TPSA) is 12.0 Å². The second-order valence-electron chi connectivity index (χ2n) is 5.97. The first-order valence-electron chi connectivity index (χ1n) is 7.19. The summed E-state index contributed by atoms with van der Waals surface area (Å²) >= 11 is 0. The molecule has 0 saturated carbocycles. The molecule has 0 unspecified atom stereocenters. The van der Waals surface area contributed by atoms with E-state index in [-0.39, 0.29) is 5.41 Å². The van der Waals surface area contributed by atoms with Gasteiger partial charge in [-0.05, 0) is 29.0 Å². The maximum absolute atomic E-state index is 3.46. The number of benzene rings is 1. The van der Waals surface area contributed by atoms with E-state index in [1.54, 1.807) is 0 Å². The van der Waals surface area contributed by atoms with Crippen molar-refractivity contribution in [3.63, 3.8) is 0 Å². The molecule has 1 nitrogen and oxygen atoms in total. The van der Waals surface area contributed by atoms with Gasteiger partial charge < -0.3 is 5.32 Å². The van der Waals surface area contributed by atoms with Crippen LogP contribution in [-0.2, 0) is 12.0 Å². The predicted octanol–water partition coefficient (Wildman–Crippen LogP) is 4.76. The average Bonchev–Trinajstić information content (AvgIpc) is 2.31. The van der Waals surface area contributed by atoms with E-state index in [1.165, 1.54) is 11.1 Å². The van der Waals surface area contributed by atoms with Crippen LogP contribution in [0.25, 0.3) is 0 Å². The Labute approximate surface area is 114 Å². The normalized spacial score (nSPS) is 11.1. The fraction of sp³-hybridized carbons (Fsp3) is 0.647. The molecular weight excluding hydrogens is 218 g/mol. The highest BCUT2D eigenvalue weighted by molar-refractivity contribution is 5.27. The van der Waals surface area contributed by atoms with Crippen LogP contribution in [0.3, 0.4) is 0 Å². The van der Waals surface area contributed by atoms with Gasteiger partial charge in [-0.3, -0.25) is 0 Å². The summed E-state index contributed by atoms with van der Waals surface area (Å²) in [4.78, 5) is 0. The van der Waals surface area contributed by atoms with Gasteiger partial charge in [-0.2, -0.15) is 0 Å². The van der Waals surface area contributed by atoms with E-state index in [0.717, 1.165) is 13.1 Å². The fourth-order valence-electron chi connectivity index (χ4n) is 1.63. The summed E-state index contributed by atoms with van der Waals surface area (Å²) in [6.45, 7) is 17.3. The molecule has 0 aliphatic heterocycles. The maximum atomic E-state index is 3.46. The van der Waals surface area contributed by atoms with Crippen LogP contribution in [0.5, 0.6) is 0 Å². The van der Waals surface area contributed by atoms with Crippen molar-refractivity contribution in [2.75, 3.05) is 6.54 Å². The lowest BCUT2D eigenvalue weighted by molar-refractivity contribution is 0.551. The minimum Gasteiger partial charge on any atom is -0.312 e. The summed E-state index contributed by atoms with van der Waals surface area (Å²) in [7, 11) is 0. The summed E-state index contributed by atoms with van der Waals surface area (Å²) in [5.74, 6) is 0.717. The minimum absolute atomic E-state index is 0.254. The Morgan fingerprint density at radius 2 is 1.50 bits per heavy atom. The van der Waals surface area contributed by atoms with Crippen molar-refractivity contribution in [2.45, 2.75) is 60.4 Å². The summed E-state index contributed by atoms with van der Waals surface area (Å²) in [6, 6.07) is 8.95. The molecule has 1 heteroatoms. The zero-order valence-corrected chi connectivity index (χ0v) is 13.3. The summed E-state index contributed by atoms with van der Waals surface area (Å²) < 4.78 is 0. The summed E-state index contributed by atoms with van der Waals surface area (Å²) in [5.41, 5.74) is 3.03. The van der Waals surface area contributed by atoms with Gasteiger partial charge in [0.15, 0.2) is 0 Å². The molecule has 0 aliphatic rings. The van der Waals surface area contributed by atoms with Crippen LogP contribution >= 0.6 is 0 Å². The maximum Gasteiger partial charge on any atom is 0.0205 e. The van der Waals surface area contributed by atoms with Gasteiger partial charge in [-0.1, -0.05) is 72.7 Å². The SMILES string of the molecule is CC.CC(C)CNCc1ccc(C(C)(C)C)cc1. The van der Waals surface area contributed by atoms with E-state index in [2.05, 4.69) is 64.2 Å². The minimum atomic E-state index is 0.254. The van der Waals surface area contributed by atoms with E-state index < -0.39 is 0 Å². The first kappa shape index (κ1) is 17.2. The van der Waals surface area contributed by atoms with E-state index >= 15 is 0 Å². The standard InChI is InChI=1S/C15H25N.C2H6/c1-12(2)10-16-11-13-6-8-14(9-7-13)15(3,4)5;1-2/h6-9,12,16H,10-11H2,1-5H3;1-2H3. The highest BCUT2D eigenvalue weighted by Gasteiger charge is 2.12. The molecule has 0 bridgehead atoms. The molecule has 1 aromatic rings. The van der Waals surface area contributed by atoms with E-state index in [1.807, 2.05) is 13.8 Å². The molecule has 0 amide bonds. The quantitative estimate of drug-likeness (QED) is 0.811. The molecule has 104 valence electrons. The molecule has 1 rings (SSSR count). The Bertz CT molecular complexity index is 303. The Hall–Kier alpha value is -0.820. The van der Waals surface area contributed by atoms with Crippen LogP contribution < -0.4 is 5.32 Å². The third-order valence-electron chi connectivity index (χ3n) is 2.70. The zero-order chi connectivity index (χ0) is 14.2. The van der Waals surface area contributed by atoms with Gasteiger partial charge >= 0.3 is 0 Å². The second-order valence-corrected chi connectivity index (χ2v) is 5.97. The molecule has 0 radical (unpaired) electrons. The van der Waals surface area contributed by atoms with Crippen molar-refractivity contribution in [1.82, 2.24) is 5.32 Å². The second kappa shape index (κ2) is 8.31. The van der Waals surface area contributed by atoms with Crippen LogP contribution in [0.15, 0.2) is 24.3 Å². The van der Waals surface area contributed by atoms with Crippen LogP contribution in [0.1, 0.15) is 59.6 Å². The average molecular weight is 249 g/mol. The Morgan fingerprint density at radius 1 is 1.00 bits per heavy atom. The van der Waals surface area contributed by atoms with Gasteiger partial charge in [0.25, 0.3) is 0 Å². The van der Waals surface area contributed by atoms with Crippen molar-refractivity contribution in [3.05, 3.63) is 35.4 Å². The predicted molar refractivity (Wildman–Crippen MR) is 83.0 cm³/mol. The van der Waals surface area contributed by atoms with Crippen molar-refractivity contribution in [1.29, 1.82) is 0 Å². The lowest BCUT2D eigenvalue weighted by Crippen LogP contribution is -2.19. The Balaban J connectivity index is 0.00000137. The van der Waals surface area contributed by atoms with Gasteiger partial charge in [0, 0.05) is 6.54 Å². The van der Waals surface area contributed by atoms with Crippen LogP contribution in [-0.4, -0.2) is 6.54 Å². The summed E-state index contributed by atoms with van der Waals surface area (Å²) in [5, 5.41) is 3.46. The van der Waals surface area contributed by atoms with E-state index in [9.17, 15) is 0 Å². The van der Waals surface area contributed by atoms with Crippen molar-refractivity contribution < 1.29 is 0 Å². The molecule has 0 aromatic heterocycles. The monoisotopic (exact) mass is 249 g/mol. The smallest absolute Gasteiger partial charge is 0.0205 e. The van der Waals surface area contributed by atoms with Crippen molar-refractivity contribution in [2.24, 2.45) is 5.92 Å². The van der Waals surface area contributed by atoms with Gasteiger partial charge in [-0.25, -0.2) is 0 Å². The van der Waals surface area contributed by atoms with Gasteiger partial charge in [0.1, 0.15) is 0 Å². The molecule has 0 saturated heterocycles. The van der Waals surface area contributed by atoms with E-state index in [0.29, 0.717) is 5.92 Å². The van der Waals surface area contributed by atoms with Crippen LogP contribution in [0, 0.1) is 5.92 Å². The van der Waals surface area contributed by atoms with Crippen LogP contribution in [0.4, 0.5) is 0 Å². The molecular formula is C17H31N. The number of hydrogen-bond acceptors (Lipinski definition) is 1. The molecule has 1 aromatic carbocycles. The Kier molecular flexibility index (Phi) is 7.93. The van der Waals surface area contributed by atoms with Gasteiger partial charge in [0.05, 0.1) is 0 Å². The fourth-order valence-corrected chi connectivity index (χ4v) is 1.63. The lowest BCUT2D eigenvalue weighted by Gasteiger charge is -2.19. The highest BCUT2D eigenvalue weighted by atomic mass is 14.8.